The quantitative estimate of drug-likeness (QED) is 0.717. The smallest absolute Gasteiger partial charge is 0.304 e. The molecule has 0 aromatic heterocycles. The number of benzene rings is 2. The molecular weight excluding hydrogens is 411 g/mol. The van der Waals surface area contributed by atoms with Crippen LogP contribution in [0.5, 0.6) is 0 Å². The number of hydrogen-bond donors (Lipinski definition) is 1. The highest BCUT2D eigenvalue weighted by Crippen LogP contribution is 2.21. The third kappa shape index (κ3) is 5.26. The van der Waals surface area contributed by atoms with Gasteiger partial charge < -0.3 is 15.0 Å². The highest BCUT2D eigenvalue weighted by atomic mass is 32.2. The lowest BCUT2D eigenvalue weighted by molar-refractivity contribution is -0.114. The lowest BCUT2D eigenvalue weighted by atomic mass is 10.2. The summed E-state index contributed by atoms with van der Waals surface area (Å²) in [5.74, 6) is -1.00. The Morgan fingerprint density at radius 1 is 1.07 bits per heavy atom. The number of carbonyl (C=O) groups is 1. The number of amides is 1. The van der Waals surface area contributed by atoms with Gasteiger partial charge in [-0.05, 0) is 48.5 Å². The van der Waals surface area contributed by atoms with E-state index in [9.17, 15) is 17.6 Å². The maximum Gasteiger partial charge on any atom is 0.304 e. The monoisotopic (exact) mass is 436 g/mol. The minimum absolute atomic E-state index is 0.197. The number of hydrogen-bond acceptors (Lipinski definition) is 5. The van der Waals surface area contributed by atoms with Gasteiger partial charge in [0.1, 0.15) is 12.4 Å². The molecule has 0 spiro atoms. The number of nitrogens with one attached hydrogen (secondary N) is 1. The number of carbonyl (C=O) groups excluding carboxylic acids is 1. The van der Waals surface area contributed by atoms with E-state index in [1.165, 1.54) is 26.2 Å². The van der Waals surface area contributed by atoms with E-state index < -0.39 is 28.5 Å². The van der Waals surface area contributed by atoms with Gasteiger partial charge in [-0.25, -0.2) is 8.70 Å². The van der Waals surface area contributed by atoms with Crippen molar-refractivity contribution < 1.29 is 22.3 Å². The molecule has 0 bridgehead atoms. The first-order chi connectivity index (χ1) is 14.3. The van der Waals surface area contributed by atoms with E-state index in [1.807, 2.05) is 12.1 Å². The van der Waals surface area contributed by atoms with Gasteiger partial charge in [0.05, 0.1) is 18.9 Å². The molecule has 0 unspecified atom stereocenters. The summed E-state index contributed by atoms with van der Waals surface area (Å²) in [5.41, 5.74) is 1.78. The molecule has 1 aliphatic heterocycles. The topological polar surface area (TPSA) is 82.2 Å². The Morgan fingerprint density at radius 3 is 2.23 bits per heavy atom. The molecular formula is C20H25FN4O4S. The van der Waals surface area contributed by atoms with Crippen molar-refractivity contribution in [1.29, 1.82) is 0 Å². The summed E-state index contributed by atoms with van der Waals surface area (Å²) in [6, 6.07) is 12.3. The van der Waals surface area contributed by atoms with E-state index in [4.69, 9.17) is 4.74 Å². The van der Waals surface area contributed by atoms with Crippen molar-refractivity contribution in [2.45, 2.75) is 0 Å². The van der Waals surface area contributed by atoms with Crippen molar-refractivity contribution >= 4 is 33.2 Å². The maximum atomic E-state index is 13.3. The predicted octanol–water partition coefficient (Wildman–Crippen LogP) is 1.91. The number of anilines is 3. The van der Waals surface area contributed by atoms with Gasteiger partial charge in [-0.1, -0.05) is 0 Å². The molecule has 8 nitrogen and oxygen atoms in total. The lowest BCUT2D eigenvalue weighted by Gasteiger charge is -2.29. The van der Waals surface area contributed by atoms with Crippen LogP contribution in [0.1, 0.15) is 0 Å². The first-order valence-corrected chi connectivity index (χ1v) is 10.9. The van der Waals surface area contributed by atoms with Crippen LogP contribution >= 0.6 is 0 Å². The second-order valence-electron chi connectivity index (χ2n) is 6.97. The molecule has 0 aliphatic carbocycles. The summed E-state index contributed by atoms with van der Waals surface area (Å²) >= 11 is 0. The first-order valence-electron chi connectivity index (χ1n) is 9.46. The molecule has 1 fully saturated rings. The van der Waals surface area contributed by atoms with Crippen LogP contribution in [-0.2, 0) is 19.7 Å². The zero-order chi connectivity index (χ0) is 21.7. The van der Waals surface area contributed by atoms with E-state index in [1.54, 1.807) is 12.1 Å². The summed E-state index contributed by atoms with van der Waals surface area (Å²) in [7, 11) is -1.21. The van der Waals surface area contributed by atoms with Crippen LogP contribution in [0.25, 0.3) is 0 Å². The molecule has 0 atom stereocenters. The van der Waals surface area contributed by atoms with Crippen molar-refractivity contribution in [3.8, 4) is 0 Å². The predicted molar refractivity (Wildman–Crippen MR) is 114 cm³/mol. The zero-order valence-electron chi connectivity index (χ0n) is 16.9. The van der Waals surface area contributed by atoms with Gasteiger partial charge in [0, 0.05) is 38.6 Å². The third-order valence-corrected chi connectivity index (χ3v) is 6.49. The number of rotatable bonds is 7. The van der Waals surface area contributed by atoms with Crippen molar-refractivity contribution in [3.05, 3.63) is 54.3 Å². The van der Waals surface area contributed by atoms with Gasteiger partial charge in [-0.15, -0.1) is 0 Å². The van der Waals surface area contributed by atoms with Gasteiger partial charge in [0.15, 0.2) is 0 Å². The molecule has 10 heteroatoms. The van der Waals surface area contributed by atoms with Gasteiger partial charge >= 0.3 is 10.2 Å². The first kappa shape index (κ1) is 22.0. The number of morpholine rings is 1. The fraction of sp³-hybridized carbons (Fsp3) is 0.350. The standard InChI is InChI=1S/C20H25FN4O4S/c1-23(2)30(27,28)25(19-7-3-16(21)4-8-19)15-20(26)22-17-5-9-18(10-6-17)24-11-13-29-14-12-24/h3-10H,11-15H2,1-2H3,(H,22,26). The fourth-order valence-electron chi connectivity index (χ4n) is 3.02. The Bertz CT molecular complexity index is 959. The minimum atomic E-state index is -3.95. The van der Waals surface area contributed by atoms with Crippen LogP contribution in [0.15, 0.2) is 48.5 Å². The molecule has 162 valence electrons. The lowest BCUT2D eigenvalue weighted by Crippen LogP contribution is -2.44. The van der Waals surface area contributed by atoms with Gasteiger partial charge in [-0.3, -0.25) is 4.79 Å². The highest BCUT2D eigenvalue weighted by molar-refractivity contribution is 7.90. The van der Waals surface area contributed by atoms with Crippen LogP contribution in [-0.4, -0.2) is 65.6 Å². The molecule has 0 saturated carbocycles. The molecule has 2 aromatic rings. The second kappa shape index (κ2) is 9.41. The van der Waals surface area contributed by atoms with Crippen LogP contribution in [0, 0.1) is 5.82 Å². The average molecular weight is 437 g/mol. The van der Waals surface area contributed by atoms with Crippen molar-refractivity contribution in [2.75, 3.05) is 61.5 Å². The SMILES string of the molecule is CN(C)S(=O)(=O)N(CC(=O)Nc1ccc(N2CCOCC2)cc1)c1ccc(F)cc1. The van der Waals surface area contributed by atoms with Crippen LogP contribution in [0.3, 0.4) is 0 Å². The van der Waals surface area contributed by atoms with E-state index in [0.717, 1.165) is 39.5 Å². The molecule has 1 N–H and O–H groups in total. The molecule has 1 aliphatic rings. The third-order valence-electron chi connectivity index (χ3n) is 4.67. The Hall–Kier alpha value is -2.69. The summed E-state index contributed by atoms with van der Waals surface area (Å²) in [4.78, 5) is 14.8. The highest BCUT2D eigenvalue weighted by Gasteiger charge is 2.27. The Balaban J connectivity index is 1.72. The van der Waals surface area contributed by atoms with Crippen LogP contribution in [0.4, 0.5) is 21.5 Å². The van der Waals surface area contributed by atoms with Gasteiger partial charge in [0.2, 0.25) is 5.91 Å². The molecule has 2 aromatic carbocycles. The Morgan fingerprint density at radius 2 is 1.67 bits per heavy atom. The molecule has 30 heavy (non-hydrogen) atoms. The van der Waals surface area contributed by atoms with Gasteiger partial charge in [0.25, 0.3) is 0 Å². The molecule has 1 heterocycles. The molecule has 1 saturated heterocycles. The number of halogens is 1. The summed E-state index contributed by atoms with van der Waals surface area (Å²) < 4.78 is 45.9. The number of ether oxygens (including phenoxy) is 1. The summed E-state index contributed by atoms with van der Waals surface area (Å²) in [5, 5.41) is 2.71. The van der Waals surface area contributed by atoms with Crippen LogP contribution in [0.2, 0.25) is 0 Å². The van der Waals surface area contributed by atoms with E-state index in [0.29, 0.717) is 18.9 Å². The van der Waals surface area contributed by atoms with Crippen molar-refractivity contribution in [3.63, 3.8) is 0 Å². The van der Waals surface area contributed by atoms with E-state index in [-0.39, 0.29) is 5.69 Å². The molecule has 3 rings (SSSR count). The molecule has 0 radical (unpaired) electrons. The van der Waals surface area contributed by atoms with Crippen LogP contribution < -0.4 is 14.5 Å². The largest absolute Gasteiger partial charge is 0.378 e. The second-order valence-corrected chi connectivity index (χ2v) is 9.03. The normalized spacial score (nSPS) is 14.6. The minimum Gasteiger partial charge on any atom is -0.378 e. The maximum absolute atomic E-state index is 13.3. The van der Waals surface area contributed by atoms with Crippen molar-refractivity contribution in [1.82, 2.24) is 4.31 Å². The Kier molecular flexibility index (Phi) is 6.91. The summed E-state index contributed by atoms with van der Waals surface area (Å²) in [6.45, 7) is 2.52. The van der Waals surface area contributed by atoms with Crippen molar-refractivity contribution in [2.24, 2.45) is 0 Å². The summed E-state index contributed by atoms with van der Waals surface area (Å²) in [6.07, 6.45) is 0. The number of nitrogens with zero attached hydrogens (tertiary/aromatic N) is 3. The zero-order valence-corrected chi connectivity index (χ0v) is 17.7. The average Bonchev–Trinajstić information content (AvgIpc) is 2.74. The van der Waals surface area contributed by atoms with E-state index in [2.05, 4.69) is 10.2 Å². The Labute approximate surface area is 176 Å². The van der Waals surface area contributed by atoms with Gasteiger partial charge in [-0.2, -0.15) is 12.7 Å². The molecule has 1 amide bonds. The van der Waals surface area contributed by atoms with E-state index >= 15 is 0 Å². The fourth-order valence-corrected chi connectivity index (χ4v) is 4.08.